The van der Waals surface area contributed by atoms with E-state index in [4.69, 9.17) is 5.73 Å². The van der Waals surface area contributed by atoms with Gasteiger partial charge >= 0.3 is 0 Å². The summed E-state index contributed by atoms with van der Waals surface area (Å²) in [4.78, 5) is 12.1. The van der Waals surface area contributed by atoms with Crippen molar-refractivity contribution in [1.29, 1.82) is 0 Å². The molecule has 0 spiro atoms. The molecule has 1 atom stereocenters. The van der Waals surface area contributed by atoms with Crippen LogP contribution < -0.4 is 5.73 Å². The fourth-order valence-corrected chi connectivity index (χ4v) is 1.98. The molecule has 0 aliphatic carbocycles. The first-order chi connectivity index (χ1) is 8.02. The zero-order valence-corrected chi connectivity index (χ0v) is 11.1. The van der Waals surface area contributed by atoms with Crippen LogP contribution in [0.1, 0.15) is 31.4 Å². The molecular formula is C15H23NO. The smallest absolute Gasteiger partial charge is 0.141 e. The highest BCUT2D eigenvalue weighted by Gasteiger charge is 2.18. The third-order valence-electron chi connectivity index (χ3n) is 2.99. The summed E-state index contributed by atoms with van der Waals surface area (Å²) in [5.41, 5.74) is 7.99. The number of nitrogens with two attached hydrogens (primary N) is 1. The molecule has 2 N–H and O–H groups in total. The van der Waals surface area contributed by atoms with Gasteiger partial charge in [0.25, 0.3) is 0 Å². The molecule has 0 fully saturated rings. The lowest BCUT2D eigenvalue weighted by Crippen LogP contribution is -2.26. The highest BCUT2D eigenvalue weighted by atomic mass is 16.1. The molecule has 1 aromatic rings. The average molecular weight is 233 g/mol. The van der Waals surface area contributed by atoms with E-state index >= 15 is 0 Å². The first-order valence-electron chi connectivity index (χ1n) is 6.31. The fourth-order valence-electron chi connectivity index (χ4n) is 1.98. The van der Waals surface area contributed by atoms with E-state index in [-0.39, 0.29) is 11.7 Å². The van der Waals surface area contributed by atoms with Gasteiger partial charge in [-0.05, 0) is 24.8 Å². The molecule has 0 saturated heterocycles. The van der Waals surface area contributed by atoms with Crippen molar-refractivity contribution in [2.45, 2.75) is 33.6 Å². The molecule has 1 rings (SSSR count). The summed E-state index contributed by atoms with van der Waals surface area (Å²) in [5, 5.41) is 0. The van der Waals surface area contributed by atoms with Gasteiger partial charge < -0.3 is 5.73 Å². The van der Waals surface area contributed by atoms with Crippen molar-refractivity contribution in [1.82, 2.24) is 0 Å². The average Bonchev–Trinajstić information content (AvgIpc) is 2.28. The summed E-state index contributed by atoms with van der Waals surface area (Å²) in [5.74, 6) is 0.798. The quantitative estimate of drug-likeness (QED) is 0.821. The van der Waals surface area contributed by atoms with Gasteiger partial charge in [-0.1, -0.05) is 43.7 Å². The van der Waals surface area contributed by atoms with Crippen LogP contribution in [0.15, 0.2) is 24.3 Å². The molecule has 0 saturated carbocycles. The van der Waals surface area contributed by atoms with E-state index in [2.05, 4.69) is 13.8 Å². The topological polar surface area (TPSA) is 43.1 Å². The Morgan fingerprint density at radius 1 is 1.24 bits per heavy atom. The molecule has 0 radical (unpaired) electrons. The highest BCUT2D eigenvalue weighted by molar-refractivity contribution is 5.83. The molecule has 17 heavy (non-hydrogen) atoms. The molecule has 1 aromatic carbocycles. The summed E-state index contributed by atoms with van der Waals surface area (Å²) in [7, 11) is 0. The maximum absolute atomic E-state index is 12.1. The third-order valence-corrected chi connectivity index (χ3v) is 2.99. The van der Waals surface area contributed by atoms with Gasteiger partial charge in [0.1, 0.15) is 5.78 Å². The Kier molecular flexibility index (Phi) is 5.36. The lowest BCUT2D eigenvalue weighted by molar-refractivity contribution is -0.122. The standard InChI is InChI=1S/C15H23NO/c1-11(2)8-14(10-16)15(17)9-13-6-4-12(3)5-7-13/h4-7,11,14H,8-10,16H2,1-3H3. The molecule has 0 aliphatic heterocycles. The van der Waals surface area contributed by atoms with Crippen LogP contribution in [0, 0.1) is 18.8 Å². The van der Waals surface area contributed by atoms with E-state index in [0.717, 1.165) is 12.0 Å². The largest absolute Gasteiger partial charge is 0.330 e. The number of Topliss-reactive ketones (excluding diaryl/α,β-unsaturated/α-hetero) is 1. The van der Waals surface area contributed by atoms with Crippen LogP contribution in [-0.2, 0) is 11.2 Å². The molecule has 0 aromatic heterocycles. The zero-order chi connectivity index (χ0) is 12.8. The Hall–Kier alpha value is -1.15. The minimum atomic E-state index is 0.0105. The Morgan fingerprint density at radius 2 is 1.82 bits per heavy atom. The van der Waals surface area contributed by atoms with E-state index in [0.29, 0.717) is 18.9 Å². The molecule has 0 aliphatic rings. The van der Waals surface area contributed by atoms with Crippen LogP contribution >= 0.6 is 0 Å². The number of hydrogen-bond donors (Lipinski definition) is 1. The van der Waals surface area contributed by atoms with Crippen molar-refractivity contribution >= 4 is 5.78 Å². The third kappa shape index (κ3) is 4.70. The van der Waals surface area contributed by atoms with Crippen molar-refractivity contribution < 1.29 is 4.79 Å². The SMILES string of the molecule is Cc1ccc(CC(=O)C(CN)CC(C)C)cc1. The summed E-state index contributed by atoms with van der Waals surface area (Å²) in [6.45, 7) is 6.76. The predicted molar refractivity (Wildman–Crippen MR) is 71.9 cm³/mol. The number of hydrogen-bond acceptors (Lipinski definition) is 2. The Bertz CT molecular complexity index is 354. The second-order valence-electron chi connectivity index (χ2n) is 5.19. The van der Waals surface area contributed by atoms with E-state index in [1.54, 1.807) is 0 Å². The molecular weight excluding hydrogens is 210 g/mol. The zero-order valence-electron chi connectivity index (χ0n) is 11.1. The van der Waals surface area contributed by atoms with E-state index in [9.17, 15) is 4.79 Å². The number of carbonyl (C=O) groups is 1. The summed E-state index contributed by atoms with van der Waals surface area (Å²) >= 11 is 0. The van der Waals surface area contributed by atoms with Crippen LogP contribution in [0.4, 0.5) is 0 Å². The monoisotopic (exact) mass is 233 g/mol. The summed E-state index contributed by atoms with van der Waals surface area (Å²) < 4.78 is 0. The molecule has 0 amide bonds. The lowest BCUT2D eigenvalue weighted by Gasteiger charge is -2.15. The van der Waals surface area contributed by atoms with Crippen molar-refractivity contribution in [2.75, 3.05) is 6.54 Å². The second kappa shape index (κ2) is 6.55. The minimum absolute atomic E-state index is 0.0105. The van der Waals surface area contributed by atoms with Crippen LogP contribution in [0.3, 0.4) is 0 Å². The molecule has 94 valence electrons. The molecule has 2 nitrogen and oxygen atoms in total. The molecule has 0 heterocycles. The van der Waals surface area contributed by atoms with Crippen molar-refractivity contribution in [2.24, 2.45) is 17.6 Å². The Balaban J connectivity index is 2.60. The van der Waals surface area contributed by atoms with Crippen molar-refractivity contribution in [3.05, 3.63) is 35.4 Å². The predicted octanol–water partition coefficient (Wildman–Crippen LogP) is 2.73. The van der Waals surface area contributed by atoms with Crippen LogP contribution in [-0.4, -0.2) is 12.3 Å². The molecule has 2 heteroatoms. The van der Waals surface area contributed by atoms with Crippen LogP contribution in [0.2, 0.25) is 0 Å². The number of benzene rings is 1. The van der Waals surface area contributed by atoms with Crippen molar-refractivity contribution in [3.63, 3.8) is 0 Å². The molecule has 1 unspecified atom stereocenters. The van der Waals surface area contributed by atoms with Gasteiger partial charge in [0.2, 0.25) is 0 Å². The molecule has 0 bridgehead atoms. The highest BCUT2D eigenvalue weighted by Crippen LogP contribution is 2.14. The number of ketones is 1. The maximum Gasteiger partial charge on any atom is 0.141 e. The van der Waals surface area contributed by atoms with Gasteiger partial charge in [0.15, 0.2) is 0 Å². The first kappa shape index (κ1) is 13.9. The summed E-state index contributed by atoms with van der Waals surface area (Å²) in [6, 6.07) is 8.14. The minimum Gasteiger partial charge on any atom is -0.330 e. The van der Waals surface area contributed by atoms with Gasteiger partial charge in [-0.3, -0.25) is 4.79 Å². The van der Waals surface area contributed by atoms with Gasteiger partial charge in [-0.2, -0.15) is 0 Å². The van der Waals surface area contributed by atoms with E-state index in [1.165, 1.54) is 5.56 Å². The Labute approximate surface area is 104 Å². The van der Waals surface area contributed by atoms with E-state index in [1.807, 2.05) is 31.2 Å². The van der Waals surface area contributed by atoms with Gasteiger partial charge in [0.05, 0.1) is 0 Å². The normalized spacial score (nSPS) is 12.8. The van der Waals surface area contributed by atoms with E-state index < -0.39 is 0 Å². The number of rotatable bonds is 6. The van der Waals surface area contributed by atoms with Crippen LogP contribution in [0.5, 0.6) is 0 Å². The number of carbonyl (C=O) groups excluding carboxylic acids is 1. The first-order valence-corrected chi connectivity index (χ1v) is 6.31. The Morgan fingerprint density at radius 3 is 2.29 bits per heavy atom. The van der Waals surface area contributed by atoms with Crippen LogP contribution in [0.25, 0.3) is 0 Å². The fraction of sp³-hybridized carbons (Fsp3) is 0.533. The maximum atomic E-state index is 12.1. The summed E-state index contributed by atoms with van der Waals surface area (Å²) in [6.07, 6.45) is 1.40. The van der Waals surface area contributed by atoms with Gasteiger partial charge in [-0.15, -0.1) is 0 Å². The van der Waals surface area contributed by atoms with Gasteiger partial charge in [0, 0.05) is 18.9 Å². The lowest BCUT2D eigenvalue weighted by atomic mass is 9.90. The van der Waals surface area contributed by atoms with Gasteiger partial charge in [-0.25, -0.2) is 0 Å². The second-order valence-corrected chi connectivity index (χ2v) is 5.19. The van der Waals surface area contributed by atoms with Crippen molar-refractivity contribution in [3.8, 4) is 0 Å². The number of aryl methyl sites for hydroxylation is 1.